The molecule has 1 amide bonds. The molecule has 0 aromatic heterocycles. The summed E-state index contributed by atoms with van der Waals surface area (Å²) >= 11 is 3.30. The Labute approximate surface area is 150 Å². The second-order valence-corrected chi connectivity index (χ2v) is 8.35. The molecule has 0 aliphatic heterocycles. The number of aryl methyl sites for hydroxylation is 2. The number of sulfonamides is 1. The predicted octanol–water partition coefficient (Wildman–Crippen LogP) is 3.12. The summed E-state index contributed by atoms with van der Waals surface area (Å²) < 4.78 is 27.3. The van der Waals surface area contributed by atoms with Crippen molar-refractivity contribution in [3.63, 3.8) is 0 Å². The van der Waals surface area contributed by atoms with E-state index in [0.29, 0.717) is 11.3 Å². The molecular weight excluding hydrogens is 392 g/mol. The minimum Gasteiger partial charge on any atom is -0.325 e. The van der Waals surface area contributed by atoms with Gasteiger partial charge in [0.25, 0.3) is 0 Å². The molecule has 0 atom stereocenters. The van der Waals surface area contributed by atoms with Gasteiger partial charge in [0.05, 0.1) is 12.3 Å². The highest BCUT2D eigenvalue weighted by atomic mass is 79.9. The van der Waals surface area contributed by atoms with Gasteiger partial charge in [-0.1, -0.05) is 34.1 Å². The highest BCUT2D eigenvalue weighted by Gasteiger charge is 2.13. The van der Waals surface area contributed by atoms with Crippen LogP contribution >= 0.6 is 15.9 Å². The van der Waals surface area contributed by atoms with Crippen LogP contribution in [-0.2, 0) is 20.6 Å². The zero-order chi connectivity index (χ0) is 17.7. The third-order valence-electron chi connectivity index (χ3n) is 3.23. The summed E-state index contributed by atoms with van der Waals surface area (Å²) in [7, 11) is -3.58. The first-order valence-electron chi connectivity index (χ1n) is 7.33. The highest BCUT2D eigenvalue weighted by Crippen LogP contribution is 2.14. The predicted molar refractivity (Wildman–Crippen MR) is 99.3 cm³/mol. The molecule has 0 spiro atoms. The quantitative estimate of drug-likeness (QED) is 0.767. The van der Waals surface area contributed by atoms with Gasteiger partial charge < -0.3 is 5.32 Å². The van der Waals surface area contributed by atoms with E-state index in [1.807, 2.05) is 32.0 Å². The molecule has 2 N–H and O–H groups in total. The first kappa shape index (κ1) is 18.6. The Kier molecular flexibility index (Phi) is 6.15. The molecule has 2 aromatic carbocycles. The van der Waals surface area contributed by atoms with Crippen LogP contribution in [0.1, 0.15) is 16.7 Å². The summed E-state index contributed by atoms with van der Waals surface area (Å²) in [5, 5.41) is 2.70. The van der Waals surface area contributed by atoms with E-state index < -0.39 is 15.9 Å². The summed E-state index contributed by atoms with van der Waals surface area (Å²) in [6.45, 7) is 3.57. The Hall–Kier alpha value is -1.70. The first-order valence-corrected chi connectivity index (χ1v) is 9.78. The summed E-state index contributed by atoms with van der Waals surface area (Å²) in [5.74, 6) is -0.573. The number of hydrogen-bond acceptors (Lipinski definition) is 3. The van der Waals surface area contributed by atoms with E-state index in [-0.39, 0.29) is 12.3 Å². The second-order valence-electron chi connectivity index (χ2n) is 5.63. The maximum atomic E-state index is 12.0. The number of carbonyl (C=O) groups excluding carboxylic acids is 1. The molecule has 0 fully saturated rings. The van der Waals surface area contributed by atoms with Crippen molar-refractivity contribution >= 4 is 37.5 Å². The van der Waals surface area contributed by atoms with Gasteiger partial charge in [0, 0.05) is 10.2 Å². The summed E-state index contributed by atoms with van der Waals surface area (Å²) in [4.78, 5) is 11.9. The maximum Gasteiger partial charge on any atom is 0.239 e. The third kappa shape index (κ3) is 6.07. The van der Waals surface area contributed by atoms with Crippen LogP contribution in [0.2, 0.25) is 0 Å². The second kappa shape index (κ2) is 7.92. The molecule has 2 aromatic rings. The molecule has 2 rings (SSSR count). The van der Waals surface area contributed by atoms with Crippen molar-refractivity contribution in [3.05, 3.63) is 63.6 Å². The lowest BCUT2D eigenvalue weighted by atomic mass is 10.1. The van der Waals surface area contributed by atoms with E-state index in [1.54, 1.807) is 24.3 Å². The number of rotatable bonds is 6. The molecule has 5 nitrogen and oxygen atoms in total. The Morgan fingerprint density at radius 3 is 2.21 bits per heavy atom. The Morgan fingerprint density at radius 1 is 1.04 bits per heavy atom. The number of anilines is 1. The highest BCUT2D eigenvalue weighted by molar-refractivity contribution is 9.10. The van der Waals surface area contributed by atoms with E-state index in [9.17, 15) is 13.2 Å². The van der Waals surface area contributed by atoms with Gasteiger partial charge in [0.15, 0.2) is 0 Å². The van der Waals surface area contributed by atoms with Gasteiger partial charge in [-0.15, -0.1) is 0 Å². The fourth-order valence-electron chi connectivity index (χ4n) is 2.28. The van der Waals surface area contributed by atoms with E-state index in [0.717, 1.165) is 15.6 Å². The molecule has 0 aliphatic carbocycles. The molecule has 0 saturated carbocycles. The first-order chi connectivity index (χ1) is 11.2. The molecule has 0 heterocycles. The number of amides is 1. The standard InChI is InChI=1S/C17H19BrN2O3S/c1-12-7-13(2)9-16(8-12)20-17(21)10-19-24(22,23)11-14-3-5-15(18)6-4-14/h3-9,19H,10-11H2,1-2H3,(H,20,21). The normalized spacial score (nSPS) is 11.3. The topological polar surface area (TPSA) is 75.3 Å². The zero-order valence-corrected chi connectivity index (χ0v) is 15.9. The number of hydrogen-bond donors (Lipinski definition) is 2. The van der Waals surface area contributed by atoms with Crippen LogP contribution in [0, 0.1) is 13.8 Å². The lowest BCUT2D eigenvalue weighted by molar-refractivity contribution is -0.115. The molecule has 0 bridgehead atoms. The fraction of sp³-hybridized carbons (Fsp3) is 0.235. The van der Waals surface area contributed by atoms with Crippen molar-refractivity contribution in [2.45, 2.75) is 19.6 Å². The van der Waals surface area contributed by atoms with Crippen molar-refractivity contribution in [1.82, 2.24) is 4.72 Å². The van der Waals surface area contributed by atoms with Gasteiger partial charge in [-0.05, 0) is 54.8 Å². The lowest BCUT2D eigenvalue weighted by Gasteiger charge is -2.09. The molecule has 0 radical (unpaired) electrons. The van der Waals surface area contributed by atoms with Crippen molar-refractivity contribution in [3.8, 4) is 0 Å². The molecule has 0 aliphatic rings. The average Bonchev–Trinajstić information content (AvgIpc) is 2.46. The zero-order valence-electron chi connectivity index (χ0n) is 13.5. The van der Waals surface area contributed by atoms with Gasteiger partial charge in [-0.2, -0.15) is 0 Å². The van der Waals surface area contributed by atoms with Crippen LogP contribution in [-0.4, -0.2) is 20.9 Å². The lowest BCUT2D eigenvalue weighted by Crippen LogP contribution is -2.33. The van der Waals surface area contributed by atoms with Gasteiger partial charge in [-0.3, -0.25) is 4.79 Å². The van der Waals surface area contributed by atoms with Gasteiger partial charge in [0.2, 0.25) is 15.9 Å². The Balaban J connectivity index is 1.91. The Bertz CT molecular complexity index is 813. The van der Waals surface area contributed by atoms with E-state index >= 15 is 0 Å². The van der Waals surface area contributed by atoms with Crippen molar-refractivity contribution in [2.75, 3.05) is 11.9 Å². The van der Waals surface area contributed by atoms with E-state index in [1.165, 1.54) is 0 Å². The van der Waals surface area contributed by atoms with Crippen molar-refractivity contribution < 1.29 is 13.2 Å². The third-order valence-corrected chi connectivity index (χ3v) is 5.05. The monoisotopic (exact) mass is 410 g/mol. The molecule has 128 valence electrons. The summed E-state index contributed by atoms with van der Waals surface area (Å²) in [5.41, 5.74) is 3.37. The summed E-state index contributed by atoms with van der Waals surface area (Å²) in [6, 6.07) is 12.7. The number of carbonyl (C=O) groups is 1. The van der Waals surface area contributed by atoms with E-state index in [2.05, 4.69) is 26.0 Å². The number of halogens is 1. The van der Waals surface area contributed by atoms with E-state index in [4.69, 9.17) is 0 Å². The molecule has 0 unspecified atom stereocenters. The largest absolute Gasteiger partial charge is 0.325 e. The van der Waals surface area contributed by atoms with Gasteiger partial charge >= 0.3 is 0 Å². The van der Waals surface area contributed by atoms with Gasteiger partial charge in [-0.25, -0.2) is 13.1 Å². The number of benzene rings is 2. The number of nitrogens with one attached hydrogen (secondary N) is 2. The van der Waals surface area contributed by atoms with Crippen LogP contribution in [0.3, 0.4) is 0 Å². The molecule has 0 saturated heterocycles. The van der Waals surface area contributed by atoms with Crippen LogP contribution in [0.25, 0.3) is 0 Å². The van der Waals surface area contributed by atoms with Crippen LogP contribution in [0.5, 0.6) is 0 Å². The Morgan fingerprint density at radius 2 is 1.62 bits per heavy atom. The molecular formula is C17H19BrN2O3S. The average molecular weight is 411 g/mol. The van der Waals surface area contributed by atoms with Crippen molar-refractivity contribution in [2.24, 2.45) is 0 Å². The van der Waals surface area contributed by atoms with Crippen LogP contribution < -0.4 is 10.0 Å². The fourth-order valence-corrected chi connectivity index (χ4v) is 3.63. The molecule has 7 heteroatoms. The molecule has 24 heavy (non-hydrogen) atoms. The summed E-state index contributed by atoms with van der Waals surface area (Å²) in [6.07, 6.45) is 0. The minimum absolute atomic E-state index is 0.170. The van der Waals surface area contributed by atoms with Crippen LogP contribution in [0.4, 0.5) is 5.69 Å². The smallest absolute Gasteiger partial charge is 0.239 e. The SMILES string of the molecule is Cc1cc(C)cc(NC(=O)CNS(=O)(=O)Cc2ccc(Br)cc2)c1. The van der Waals surface area contributed by atoms with Crippen molar-refractivity contribution in [1.29, 1.82) is 0 Å². The minimum atomic E-state index is -3.58. The van der Waals surface area contributed by atoms with Crippen LogP contribution in [0.15, 0.2) is 46.9 Å². The maximum absolute atomic E-state index is 12.0. The van der Waals surface area contributed by atoms with Gasteiger partial charge in [0.1, 0.15) is 0 Å².